The van der Waals surface area contributed by atoms with Crippen LogP contribution in [0.3, 0.4) is 0 Å². The zero-order valence-corrected chi connectivity index (χ0v) is 53.0. The number of nitrogens with one attached hydrogen (secondary N) is 1. The molecular formula is C69H124N2O7P+. The fraction of sp³-hybridized carbons (Fsp3) is 0.739. The van der Waals surface area contributed by atoms with Gasteiger partial charge >= 0.3 is 13.8 Å². The third-order valence-electron chi connectivity index (χ3n) is 14.0. The van der Waals surface area contributed by atoms with Crippen LogP contribution in [0.5, 0.6) is 0 Å². The van der Waals surface area contributed by atoms with Gasteiger partial charge in [0.15, 0.2) is 0 Å². The van der Waals surface area contributed by atoms with Crippen LogP contribution in [-0.2, 0) is 27.9 Å². The van der Waals surface area contributed by atoms with Crippen LogP contribution in [0.25, 0.3) is 0 Å². The first-order valence-electron chi connectivity index (χ1n) is 32.6. The summed E-state index contributed by atoms with van der Waals surface area (Å²) in [5.41, 5.74) is 0. The summed E-state index contributed by atoms with van der Waals surface area (Å²) in [6, 6.07) is -0.882. The number of ether oxygens (including phenoxy) is 1. The molecule has 0 aromatic rings. The van der Waals surface area contributed by atoms with E-state index >= 15 is 0 Å². The molecule has 0 aromatic heterocycles. The van der Waals surface area contributed by atoms with Crippen molar-refractivity contribution in [3.8, 4) is 0 Å². The van der Waals surface area contributed by atoms with Crippen molar-refractivity contribution >= 4 is 19.7 Å². The lowest BCUT2D eigenvalue weighted by molar-refractivity contribution is -0.870. The monoisotopic (exact) mass is 1120 g/mol. The summed E-state index contributed by atoms with van der Waals surface area (Å²) in [5, 5.41) is 3.02. The maximum atomic E-state index is 13.5. The Bertz CT molecular complexity index is 1670. The van der Waals surface area contributed by atoms with Gasteiger partial charge in [0.05, 0.1) is 33.8 Å². The van der Waals surface area contributed by atoms with E-state index in [1.165, 1.54) is 161 Å². The minimum Gasteiger partial charge on any atom is -0.456 e. The summed E-state index contributed by atoms with van der Waals surface area (Å²) < 4.78 is 30.7. The summed E-state index contributed by atoms with van der Waals surface area (Å²) in [4.78, 5) is 37.7. The first kappa shape index (κ1) is 75.9. The lowest BCUT2D eigenvalue weighted by atomic mass is 10.0. The molecule has 0 spiro atoms. The van der Waals surface area contributed by atoms with Crippen LogP contribution >= 0.6 is 7.82 Å². The van der Waals surface area contributed by atoms with Crippen molar-refractivity contribution in [3.05, 3.63) is 97.2 Å². The smallest absolute Gasteiger partial charge is 0.456 e. The molecule has 79 heavy (non-hydrogen) atoms. The molecule has 3 unspecified atom stereocenters. The molecule has 1 amide bonds. The number of nitrogens with zero attached hydrogens (tertiary/aromatic N) is 1. The van der Waals surface area contributed by atoms with Crippen molar-refractivity contribution in [1.29, 1.82) is 0 Å². The molecule has 0 radical (unpaired) electrons. The van der Waals surface area contributed by atoms with E-state index in [0.717, 1.165) is 77.0 Å². The molecule has 10 heteroatoms. The molecule has 456 valence electrons. The molecule has 0 saturated heterocycles. The van der Waals surface area contributed by atoms with Crippen molar-refractivity contribution < 1.29 is 37.3 Å². The number of esters is 1. The van der Waals surface area contributed by atoms with Gasteiger partial charge in [-0.15, -0.1) is 0 Å². The zero-order chi connectivity index (χ0) is 57.9. The fourth-order valence-electron chi connectivity index (χ4n) is 8.94. The highest BCUT2D eigenvalue weighted by Gasteiger charge is 2.30. The maximum absolute atomic E-state index is 13.5. The van der Waals surface area contributed by atoms with Crippen molar-refractivity contribution in [1.82, 2.24) is 5.32 Å². The zero-order valence-electron chi connectivity index (χ0n) is 52.1. The van der Waals surface area contributed by atoms with E-state index in [-0.39, 0.29) is 37.9 Å². The molecule has 0 heterocycles. The number of quaternary nitrogens is 1. The highest BCUT2D eigenvalue weighted by molar-refractivity contribution is 7.47. The summed E-state index contributed by atoms with van der Waals surface area (Å²) in [7, 11) is 1.45. The molecule has 0 aliphatic rings. The largest absolute Gasteiger partial charge is 0.472 e. The van der Waals surface area contributed by atoms with E-state index in [0.29, 0.717) is 17.4 Å². The van der Waals surface area contributed by atoms with Crippen LogP contribution in [0.15, 0.2) is 97.2 Å². The summed E-state index contributed by atoms with van der Waals surface area (Å²) in [6.45, 7) is 6.91. The maximum Gasteiger partial charge on any atom is 0.472 e. The van der Waals surface area contributed by atoms with Gasteiger partial charge in [-0.2, -0.15) is 0 Å². The predicted octanol–water partition coefficient (Wildman–Crippen LogP) is 20.3. The highest BCUT2D eigenvalue weighted by Crippen LogP contribution is 2.43. The lowest BCUT2D eigenvalue weighted by Crippen LogP contribution is -2.47. The molecule has 0 saturated carbocycles. The number of allylic oxidation sites excluding steroid dienone is 15. The third-order valence-corrected chi connectivity index (χ3v) is 15.0. The van der Waals surface area contributed by atoms with E-state index in [9.17, 15) is 19.0 Å². The number of carbonyl (C=O) groups is 2. The Hall–Kier alpha value is -3.07. The van der Waals surface area contributed by atoms with E-state index in [4.69, 9.17) is 13.8 Å². The number of phosphoric ester groups is 1. The van der Waals surface area contributed by atoms with Crippen LogP contribution in [0.1, 0.15) is 278 Å². The van der Waals surface area contributed by atoms with Gasteiger partial charge in [0.1, 0.15) is 19.3 Å². The summed E-state index contributed by atoms with van der Waals surface area (Å²) >= 11 is 0. The van der Waals surface area contributed by atoms with Crippen molar-refractivity contribution in [2.24, 2.45) is 0 Å². The summed E-state index contributed by atoms with van der Waals surface area (Å²) in [5.74, 6) is -0.574. The van der Waals surface area contributed by atoms with E-state index in [1.807, 2.05) is 33.3 Å². The van der Waals surface area contributed by atoms with Gasteiger partial charge in [0, 0.05) is 12.8 Å². The van der Waals surface area contributed by atoms with E-state index in [1.54, 1.807) is 0 Å². The Labute approximate surface area is 488 Å². The molecular weight excluding hydrogens is 1000 g/mol. The number of unbranched alkanes of at least 4 members (excludes halogenated alkanes) is 28. The van der Waals surface area contributed by atoms with Gasteiger partial charge in [-0.1, -0.05) is 253 Å². The molecule has 0 fully saturated rings. The predicted molar refractivity (Wildman–Crippen MR) is 341 cm³/mol. The molecule has 0 bridgehead atoms. The number of rotatable bonds is 58. The SMILES string of the molecule is CCCCC/C=C\C/C=C\C/C=C\C/C=C\CCCC(=O)NC(COP(=O)(O)OCC[N+](C)(C)C)C(/C=C\CCCCCCCCCCC)OC(=O)CCCCCCCCCCCCCC/C=C\C/C=C\C/C=C\CCCCC. The Kier molecular flexibility index (Phi) is 55.9. The number of likely N-dealkylation sites (N-methyl/N-ethyl adjacent to an activating group) is 1. The second-order valence-electron chi connectivity index (χ2n) is 22.9. The minimum absolute atomic E-state index is 0.0261. The number of hydrogen-bond donors (Lipinski definition) is 2. The van der Waals surface area contributed by atoms with Gasteiger partial charge in [0.2, 0.25) is 5.91 Å². The molecule has 0 aliphatic heterocycles. The Balaban J connectivity index is 5.17. The van der Waals surface area contributed by atoms with Crippen LogP contribution in [0.2, 0.25) is 0 Å². The van der Waals surface area contributed by atoms with Crippen molar-refractivity contribution in [2.75, 3.05) is 40.9 Å². The van der Waals surface area contributed by atoms with Crippen LogP contribution in [-0.4, -0.2) is 74.3 Å². The Morgan fingerprint density at radius 1 is 0.443 bits per heavy atom. The number of hydrogen-bond acceptors (Lipinski definition) is 6. The number of carbonyl (C=O) groups excluding carboxylic acids is 2. The van der Waals surface area contributed by atoms with Gasteiger partial charge in [-0.25, -0.2) is 4.57 Å². The Morgan fingerprint density at radius 2 is 0.785 bits per heavy atom. The van der Waals surface area contributed by atoms with Gasteiger partial charge in [-0.05, 0) is 109 Å². The average Bonchev–Trinajstić information content (AvgIpc) is 3.41. The fourth-order valence-corrected chi connectivity index (χ4v) is 9.68. The second kappa shape index (κ2) is 58.1. The van der Waals surface area contributed by atoms with Crippen molar-refractivity contribution in [2.45, 2.75) is 290 Å². The number of phosphoric acid groups is 1. The average molecular weight is 1120 g/mol. The molecule has 9 nitrogen and oxygen atoms in total. The molecule has 0 aliphatic carbocycles. The lowest BCUT2D eigenvalue weighted by Gasteiger charge is -2.27. The summed E-state index contributed by atoms with van der Waals surface area (Å²) in [6.07, 6.45) is 78.5. The minimum atomic E-state index is -4.47. The van der Waals surface area contributed by atoms with Crippen LogP contribution in [0, 0.1) is 0 Å². The van der Waals surface area contributed by atoms with Gasteiger partial charge in [0.25, 0.3) is 0 Å². The molecule has 0 aromatic carbocycles. The molecule has 3 atom stereocenters. The Morgan fingerprint density at radius 3 is 1.20 bits per heavy atom. The third kappa shape index (κ3) is 59.4. The van der Waals surface area contributed by atoms with E-state index in [2.05, 4.69) is 111 Å². The molecule has 0 rings (SSSR count). The standard InChI is InChI=1S/C69H123N2O7P/c1-7-10-13-16-19-22-25-27-29-31-32-33-34-35-36-37-38-40-42-44-47-50-53-56-59-62-69(73)78-67(60-57-54-51-48-45-24-21-18-15-12-9-3)66(65-77-79(74,75)76-64-63-71(4,5)6)70-68(72)61-58-55-52-49-46-43-41-39-30-28-26-23-20-17-14-11-8-2/h19-20,22-23,27-30,32-33,41,43,49,52,57,60,66-67H,7-18,21,24-26,31,34-40,42,44-48,50-51,53-56,58-59,61-65H2,1-6H3,(H-,70,72,74,75)/p+1/b22-19-,23-20-,29-27-,30-28-,33-32-,43-41-,52-49-,60-57-. The first-order chi connectivity index (χ1) is 38.4. The van der Waals surface area contributed by atoms with Crippen molar-refractivity contribution in [3.63, 3.8) is 0 Å². The van der Waals surface area contributed by atoms with Gasteiger partial charge in [-0.3, -0.25) is 18.6 Å². The van der Waals surface area contributed by atoms with E-state index < -0.39 is 20.0 Å². The quantitative estimate of drug-likeness (QED) is 0.0205. The van der Waals surface area contributed by atoms with Gasteiger partial charge < -0.3 is 19.4 Å². The first-order valence-corrected chi connectivity index (χ1v) is 34.1. The topological polar surface area (TPSA) is 111 Å². The normalized spacial score (nSPS) is 14.3. The number of amides is 1. The van der Waals surface area contributed by atoms with Crippen LogP contribution in [0.4, 0.5) is 0 Å². The second-order valence-corrected chi connectivity index (χ2v) is 24.4. The highest BCUT2D eigenvalue weighted by atomic mass is 31.2. The molecule has 2 N–H and O–H groups in total. The van der Waals surface area contributed by atoms with Crippen LogP contribution < -0.4 is 5.32 Å².